The minimum Gasteiger partial charge on any atom is -0.340 e. The van der Waals surface area contributed by atoms with E-state index in [-0.39, 0.29) is 11.8 Å². The van der Waals surface area contributed by atoms with Crippen molar-refractivity contribution in [3.63, 3.8) is 0 Å². The van der Waals surface area contributed by atoms with Gasteiger partial charge in [-0.2, -0.15) is 5.26 Å². The van der Waals surface area contributed by atoms with Crippen LogP contribution in [0.3, 0.4) is 0 Å². The Labute approximate surface area is 104 Å². The van der Waals surface area contributed by atoms with E-state index in [4.69, 9.17) is 16.9 Å². The molecule has 0 saturated heterocycles. The molecule has 3 nitrogen and oxygen atoms in total. The van der Waals surface area contributed by atoms with E-state index in [1.807, 2.05) is 12.3 Å². The van der Waals surface area contributed by atoms with Gasteiger partial charge in [-0.3, -0.25) is 4.79 Å². The molecule has 1 unspecified atom stereocenters. The molecular formula is C11H13ClN2OS. The lowest BCUT2D eigenvalue weighted by Gasteiger charge is -2.17. The van der Waals surface area contributed by atoms with E-state index >= 15 is 0 Å². The zero-order valence-electron chi connectivity index (χ0n) is 9.45. The molecule has 1 aromatic rings. The third-order valence-corrected chi connectivity index (χ3v) is 3.89. The molecule has 0 spiro atoms. The first kappa shape index (κ1) is 13.0. The molecule has 1 atom stereocenters. The number of thiophene rings is 1. The largest absolute Gasteiger partial charge is 0.340 e. The summed E-state index contributed by atoms with van der Waals surface area (Å²) in [6.45, 7) is 4.07. The molecular weight excluding hydrogens is 244 g/mol. The Morgan fingerprint density at radius 3 is 2.81 bits per heavy atom. The molecule has 1 aromatic heterocycles. The van der Waals surface area contributed by atoms with Gasteiger partial charge in [-0.25, -0.2) is 0 Å². The Morgan fingerprint density at radius 2 is 2.38 bits per heavy atom. The maximum atomic E-state index is 12.0. The van der Waals surface area contributed by atoms with Crippen LogP contribution in [-0.4, -0.2) is 24.4 Å². The van der Waals surface area contributed by atoms with Crippen molar-refractivity contribution in [1.29, 1.82) is 5.26 Å². The standard InChI is InChI=1S/C11H13ClN2OS/c1-7(4-13)5-14(3)11(15)10-9(12)8(2)6-16-10/h6-7H,5H2,1-3H3. The van der Waals surface area contributed by atoms with Gasteiger partial charge in [-0.05, 0) is 24.8 Å². The van der Waals surface area contributed by atoms with Crippen LogP contribution in [-0.2, 0) is 0 Å². The van der Waals surface area contributed by atoms with Gasteiger partial charge in [-0.15, -0.1) is 11.3 Å². The van der Waals surface area contributed by atoms with Crippen LogP contribution in [0.15, 0.2) is 5.38 Å². The lowest BCUT2D eigenvalue weighted by atomic mass is 10.2. The minimum absolute atomic E-state index is 0.120. The van der Waals surface area contributed by atoms with Gasteiger partial charge in [0.15, 0.2) is 0 Å². The number of carbonyl (C=O) groups is 1. The van der Waals surface area contributed by atoms with E-state index in [1.54, 1.807) is 14.0 Å². The molecule has 1 rings (SSSR count). The van der Waals surface area contributed by atoms with E-state index in [1.165, 1.54) is 16.2 Å². The highest BCUT2D eigenvalue weighted by Gasteiger charge is 2.19. The Balaban J connectivity index is 2.79. The van der Waals surface area contributed by atoms with Gasteiger partial charge < -0.3 is 4.90 Å². The summed E-state index contributed by atoms with van der Waals surface area (Å²) < 4.78 is 0. The second-order valence-electron chi connectivity index (χ2n) is 3.78. The average molecular weight is 257 g/mol. The Kier molecular flexibility index (Phi) is 4.34. The van der Waals surface area contributed by atoms with Crippen LogP contribution < -0.4 is 0 Å². The van der Waals surface area contributed by atoms with E-state index in [0.717, 1.165) is 5.56 Å². The summed E-state index contributed by atoms with van der Waals surface area (Å²) >= 11 is 7.36. The van der Waals surface area contributed by atoms with Crippen LogP contribution in [0.25, 0.3) is 0 Å². The lowest BCUT2D eigenvalue weighted by Crippen LogP contribution is -2.30. The van der Waals surface area contributed by atoms with Crippen molar-refractivity contribution in [3.05, 3.63) is 20.8 Å². The van der Waals surface area contributed by atoms with Crippen molar-refractivity contribution in [2.45, 2.75) is 13.8 Å². The number of nitrogens with zero attached hydrogens (tertiary/aromatic N) is 2. The molecule has 16 heavy (non-hydrogen) atoms. The van der Waals surface area contributed by atoms with E-state index in [2.05, 4.69) is 6.07 Å². The van der Waals surface area contributed by atoms with Crippen molar-refractivity contribution in [2.24, 2.45) is 5.92 Å². The normalized spacial score (nSPS) is 11.9. The molecule has 0 aliphatic heterocycles. The first-order valence-electron chi connectivity index (χ1n) is 4.86. The van der Waals surface area contributed by atoms with Gasteiger partial charge in [0, 0.05) is 13.6 Å². The molecule has 1 amide bonds. The average Bonchev–Trinajstić information content (AvgIpc) is 2.58. The van der Waals surface area contributed by atoms with Gasteiger partial charge in [0.05, 0.1) is 17.0 Å². The fourth-order valence-corrected chi connectivity index (χ4v) is 2.55. The van der Waals surface area contributed by atoms with Gasteiger partial charge in [-0.1, -0.05) is 11.6 Å². The SMILES string of the molecule is Cc1csc(C(=O)N(C)CC(C)C#N)c1Cl. The van der Waals surface area contributed by atoms with Crippen LogP contribution in [0.2, 0.25) is 5.02 Å². The van der Waals surface area contributed by atoms with E-state index in [9.17, 15) is 4.79 Å². The molecule has 0 fully saturated rings. The number of nitriles is 1. The molecule has 1 heterocycles. The number of rotatable bonds is 3. The second kappa shape index (κ2) is 5.33. The minimum atomic E-state index is -0.172. The molecule has 0 aliphatic carbocycles. The molecule has 5 heteroatoms. The quantitative estimate of drug-likeness (QED) is 0.835. The summed E-state index contributed by atoms with van der Waals surface area (Å²) in [5.74, 6) is -0.293. The molecule has 0 aromatic carbocycles. The third-order valence-electron chi connectivity index (χ3n) is 2.21. The number of halogens is 1. The fraction of sp³-hybridized carbons (Fsp3) is 0.455. The van der Waals surface area contributed by atoms with Crippen LogP contribution >= 0.6 is 22.9 Å². The maximum absolute atomic E-state index is 12.0. The smallest absolute Gasteiger partial charge is 0.265 e. The maximum Gasteiger partial charge on any atom is 0.265 e. The monoisotopic (exact) mass is 256 g/mol. The Bertz CT molecular complexity index is 436. The van der Waals surface area contributed by atoms with Gasteiger partial charge >= 0.3 is 0 Å². The van der Waals surface area contributed by atoms with Crippen LogP contribution in [0.4, 0.5) is 0 Å². The van der Waals surface area contributed by atoms with Crippen molar-refractivity contribution in [1.82, 2.24) is 4.90 Å². The number of hydrogen-bond donors (Lipinski definition) is 0. The highest BCUT2D eigenvalue weighted by molar-refractivity contribution is 7.13. The van der Waals surface area contributed by atoms with Gasteiger partial charge in [0.2, 0.25) is 0 Å². The molecule has 0 bridgehead atoms. The number of aryl methyl sites for hydroxylation is 1. The predicted molar refractivity (Wildman–Crippen MR) is 65.8 cm³/mol. The highest BCUT2D eigenvalue weighted by Crippen LogP contribution is 2.28. The van der Waals surface area contributed by atoms with Crippen molar-refractivity contribution in [3.8, 4) is 6.07 Å². The molecule has 0 radical (unpaired) electrons. The van der Waals surface area contributed by atoms with Crippen LogP contribution in [0.5, 0.6) is 0 Å². The zero-order valence-corrected chi connectivity index (χ0v) is 11.0. The van der Waals surface area contributed by atoms with Gasteiger partial charge in [0.1, 0.15) is 4.88 Å². The number of carbonyl (C=O) groups excluding carboxylic acids is 1. The molecule has 86 valence electrons. The molecule has 0 aliphatic rings. The lowest BCUT2D eigenvalue weighted by molar-refractivity contribution is 0.0790. The first-order chi connectivity index (χ1) is 7.47. The van der Waals surface area contributed by atoms with E-state index < -0.39 is 0 Å². The predicted octanol–water partition coefficient (Wildman–Crippen LogP) is 2.94. The van der Waals surface area contributed by atoms with Crippen LogP contribution in [0.1, 0.15) is 22.2 Å². The van der Waals surface area contributed by atoms with Crippen molar-refractivity contribution in [2.75, 3.05) is 13.6 Å². The summed E-state index contributed by atoms with van der Waals surface area (Å²) in [5.41, 5.74) is 0.914. The molecule has 0 saturated carbocycles. The third kappa shape index (κ3) is 2.75. The van der Waals surface area contributed by atoms with Crippen molar-refractivity contribution < 1.29 is 4.79 Å². The summed E-state index contributed by atoms with van der Waals surface area (Å²) in [7, 11) is 1.68. The Hall–Kier alpha value is -1.05. The van der Waals surface area contributed by atoms with Gasteiger partial charge in [0.25, 0.3) is 5.91 Å². The summed E-state index contributed by atoms with van der Waals surface area (Å²) in [4.78, 5) is 14.1. The zero-order chi connectivity index (χ0) is 12.3. The first-order valence-corrected chi connectivity index (χ1v) is 6.11. The summed E-state index contributed by atoms with van der Waals surface area (Å²) in [6, 6.07) is 2.10. The molecule has 0 N–H and O–H groups in total. The van der Waals surface area contributed by atoms with Crippen molar-refractivity contribution >= 4 is 28.8 Å². The number of hydrogen-bond acceptors (Lipinski definition) is 3. The number of amides is 1. The second-order valence-corrected chi connectivity index (χ2v) is 5.04. The summed E-state index contributed by atoms with van der Waals surface area (Å²) in [6.07, 6.45) is 0. The Morgan fingerprint density at radius 1 is 1.75 bits per heavy atom. The van der Waals surface area contributed by atoms with Crippen LogP contribution in [0, 0.1) is 24.2 Å². The van der Waals surface area contributed by atoms with E-state index in [0.29, 0.717) is 16.4 Å². The fourth-order valence-electron chi connectivity index (χ4n) is 1.28. The topological polar surface area (TPSA) is 44.1 Å². The highest BCUT2D eigenvalue weighted by atomic mass is 35.5. The summed E-state index contributed by atoms with van der Waals surface area (Å²) in [5, 5.41) is 11.1.